The number of carbonyl (C=O) groups is 1. The Balaban J connectivity index is 0.00000108. The number of methoxy groups -OCH3 is 1. The largest absolute Gasteiger partial charge is 0.496 e. The maximum Gasteiger partial charge on any atom is 0.290 e. The second-order valence-corrected chi connectivity index (χ2v) is 8.27. The Labute approximate surface area is 206 Å². The van der Waals surface area contributed by atoms with E-state index in [2.05, 4.69) is 55.8 Å². The van der Waals surface area contributed by atoms with E-state index < -0.39 is 0 Å². The Bertz CT molecular complexity index is 1280. The second kappa shape index (κ2) is 12.0. The molecule has 184 valence electrons. The van der Waals surface area contributed by atoms with Crippen molar-refractivity contribution in [1.82, 2.24) is 9.78 Å². The van der Waals surface area contributed by atoms with Crippen molar-refractivity contribution >= 4 is 17.4 Å². The lowest BCUT2D eigenvalue weighted by Gasteiger charge is -2.13. The van der Waals surface area contributed by atoms with Crippen molar-refractivity contribution in [2.75, 3.05) is 7.11 Å². The molecule has 0 saturated carbocycles. The highest BCUT2D eigenvalue weighted by atomic mass is 16.5. The van der Waals surface area contributed by atoms with Gasteiger partial charge >= 0.3 is 0 Å². The Kier molecular flexibility index (Phi) is 8.86. The first-order valence-corrected chi connectivity index (χ1v) is 11.6. The summed E-state index contributed by atoms with van der Waals surface area (Å²) in [7, 11) is 1.69. The molecule has 0 aliphatic carbocycles. The Morgan fingerprint density at radius 3 is 2.46 bits per heavy atom. The van der Waals surface area contributed by atoms with Crippen LogP contribution in [0.5, 0.6) is 11.5 Å². The number of hydrogen-bond donors (Lipinski definition) is 2. The summed E-state index contributed by atoms with van der Waals surface area (Å²) in [5.74, 6) is 1.73. The number of hydrogen-bond acceptors (Lipinski definition) is 5. The number of nitrogens with zero attached hydrogens (tertiary/aromatic N) is 2. The van der Waals surface area contributed by atoms with Crippen molar-refractivity contribution < 1.29 is 19.4 Å². The molecule has 1 aromatic heterocycles. The van der Waals surface area contributed by atoms with Crippen molar-refractivity contribution in [2.24, 2.45) is 5.73 Å². The van der Waals surface area contributed by atoms with E-state index >= 15 is 0 Å². The van der Waals surface area contributed by atoms with Crippen molar-refractivity contribution in [3.63, 3.8) is 0 Å². The SMILES string of the molecule is CCc1ccccc1OCc1nn(C(C)C)c2ccc(-c3cccc(CN)c3OC)cc12.O=CO. The number of rotatable bonds is 8. The van der Waals surface area contributed by atoms with Gasteiger partial charge in [-0.25, -0.2) is 0 Å². The fraction of sp³-hybridized carbons (Fsp3) is 0.286. The number of carboxylic acid groups (broad SMARTS) is 1. The van der Waals surface area contributed by atoms with Crippen molar-refractivity contribution in [2.45, 2.75) is 46.4 Å². The number of para-hydroxylation sites is 2. The summed E-state index contributed by atoms with van der Waals surface area (Å²) in [6.07, 6.45) is 0.929. The van der Waals surface area contributed by atoms with E-state index in [0.717, 1.165) is 51.2 Å². The van der Waals surface area contributed by atoms with Gasteiger partial charge in [0.05, 0.1) is 12.6 Å². The van der Waals surface area contributed by atoms with E-state index in [-0.39, 0.29) is 12.5 Å². The molecule has 7 heteroatoms. The van der Waals surface area contributed by atoms with Gasteiger partial charge in [0.25, 0.3) is 6.47 Å². The third-order valence-corrected chi connectivity index (χ3v) is 5.82. The first-order valence-electron chi connectivity index (χ1n) is 11.6. The predicted octanol–water partition coefficient (Wildman–Crippen LogP) is 5.59. The molecule has 1 heterocycles. The second-order valence-electron chi connectivity index (χ2n) is 8.27. The van der Waals surface area contributed by atoms with Crippen molar-refractivity contribution in [3.05, 3.63) is 77.5 Å². The van der Waals surface area contributed by atoms with Crippen LogP contribution in [0.2, 0.25) is 0 Å². The molecule has 0 radical (unpaired) electrons. The van der Waals surface area contributed by atoms with E-state index in [1.54, 1.807) is 7.11 Å². The fourth-order valence-corrected chi connectivity index (χ4v) is 4.17. The lowest BCUT2D eigenvalue weighted by atomic mass is 9.99. The van der Waals surface area contributed by atoms with E-state index in [1.807, 2.05) is 30.3 Å². The first-order chi connectivity index (χ1) is 17.0. The number of nitrogens with two attached hydrogens (primary N) is 1. The molecule has 4 rings (SSSR count). The smallest absolute Gasteiger partial charge is 0.290 e. The van der Waals surface area contributed by atoms with Crippen LogP contribution in [-0.2, 0) is 24.4 Å². The first kappa shape index (κ1) is 25.8. The molecule has 0 amide bonds. The monoisotopic (exact) mass is 475 g/mol. The quantitative estimate of drug-likeness (QED) is 0.322. The van der Waals surface area contributed by atoms with Crippen LogP contribution in [0.15, 0.2) is 60.7 Å². The maximum absolute atomic E-state index is 8.36. The minimum absolute atomic E-state index is 0.245. The van der Waals surface area contributed by atoms with Gasteiger partial charge in [-0.05, 0) is 49.6 Å². The van der Waals surface area contributed by atoms with Crippen LogP contribution >= 0.6 is 0 Å². The van der Waals surface area contributed by atoms with Gasteiger partial charge in [0, 0.05) is 29.1 Å². The normalized spacial score (nSPS) is 10.7. The van der Waals surface area contributed by atoms with Gasteiger partial charge in [-0.2, -0.15) is 5.10 Å². The van der Waals surface area contributed by atoms with Crippen LogP contribution in [-0.4, -0.2) is 28.5 Å². The van der Waals surface area contributed by atoms with Crippen LogP contribution in [0.25, 0.3) is 22.0 Å². The van der Waals surface area contributed by atoms with E-state index in [4.69, 9.17) is 30.2 Å². The highest BCUT2D eigenvalue weighted by molar-refractivity contribution is 5.88. The standard InChI is InChI=1S/C27H31N3O2.CH2O2/c1-5-19-9-6-7-12-26(19)32-17-24-23-15-20(13-14-25(23)30(29-24)18(2)3)22-11-8-10-21(16-28)27(22)31-4;2-1-3/h6-15,18H,5,16-17,28H2,1-4H3;1H,(H,2,3). The minimum Gasteiger partial charge on any atom is -0.496 e. The Hall–Kier alpha value is -3.84. The molecular weight excluding hydrogens is 442 g/mol. The summed E-state index contributed by atoms with van der Waals surface area (Å²) in [4.78, 5) is 8.36. The maximum atomic E-state index is 8.36. The van der Waals surface area contributed by atoms with E-state index in [1.165, 1.54) is 5.56 Å². The van der Waals surface area contributed by atoms with Gasteiger partial charge in [0.2, 0.25) is 0 Å². The van der Waals surface area contributed by atoms with E-state index in [0.29, 0.717) is 13.2 Å². The number of ether oxygens (including phenoxy) is 2. The van der Waals surface area contributed by atoms with E-state index in [9.17, 15) is 0 Å². The number of fused-ring (bicyclic) bond motifs is 1. The molecule has 4 aromatic rings. The van der Waals surface area contributed by atoms with Gasteiger partial charge in [-0.15, -0.1) is 0 Å². The van der Waals surface area contributed by atoms with Gasteiger partial charge < -0.3 is 20.3 Å². The van der Waals surface area contributed by atoms with Gasteiger partial charge in [-0.1, -0.05) is 49.4 Å². The fourth-order valence-electron chi connectivity index (χ4n) is 4.17. The third kappa shape index (κ3) is 5.63. The zero-order valence-corrected chi connectivity index (χ0v) is 20.7. The lowest BCUT2D eigenvalue weighted by molar-refractivity contribution is -0.122. The molecule has 0 bridgehead atoms. The summed E-state index contributed by atoms with van der Waals surface area (Å²) >= 11 is 0. The summed E-state index contributed by atoms with van der Waals surface area (Å²) in [5.41, 5.74) is 12.2. The molecule has 0 unspecified atom stereocenters. The zero-order chi connectivity index (χ0) is 25.4. The molecule has 7 nitrogen and oxygen atoms in total. The number of benzene rings is 3. The lowest BCUT2D eigenvalue weighted by Crippen LogP contribution is -2.04. The molecular formula is C28H33N3O4. The Morgan fingerprint density at radius 1 is 1.09 bits per heavy atom. The molecule has 3 aromatic carbocycles. The molecule has 0 aliphatic heterocycles. The Morgan fingerprint density at radius 2 is 1.80 bits per heavy atom. The highest BCUT2D eigenvalue weighted by Gasteiger charge is 2.17. The summed E-state index contributed by atoms with van der Waals surface area (Å²) < 4.78 is 14.0. The average Bonchev–Trinajstić information content (AvgIpc) is 3.25. The summed E-state index contributed by atoms with van der Waals surface area (Å²) in [6.45, 7) is 7.02. The topological polar surface area (TPSA) is 99.6 Å². The average molecular weight is 476 g/mol. The minimum atomic E-state index is -0.250. The van der Waals surface area contributed by atoms with Crippen LogP contribution in [0.3, 0.4) is 0 Å². The van der Waals surface area contributed by atoms with Crippen LogP contribution in [0.1, 0.15) is 43.6 Å². The molecule has 0 spiro atoms. The summed E-state index contributed by atoms with van der Waals surface area (Å²) in [6, 6.07) is 21.0. The zero-order valence-electron chi connectivity index (χ0n) is 20.7. The van der Waals surface area contributed by atoms with Gasteiger partial charge in [-0.3, -0.25) is 9.48 Å². The van der Waals surface area contributed by atoms with Gasteiger partial charge in [0.15, 0.2) is 0 Å². The highest BCUT2D eigenvalue weighted by Crippen LogP contribution is 2.36. The third-order valence-electron chi connectivity index (χ3n) is 5.82. The molecule has 0 fully saturated rings. The predicted molar refractivity (Wildman–Crippen MR) is 139 cm³/mol. The number of aryl methyl sites for hydroxylation is 1. The summed E-state index contributed by atoms with van der Waals surface area (Å²) in [5, 5.41) is 12.9. The van der Waals surface area contributed by atoms with Gasteiger partial charge in [0.1, 0.15) is 23.8 Å². The molecule has 35 heavy (non-hydrogen) atoms. The van der Waals surface area contributed by atoms with Crippen LogP contribution in [0, 0.1) is 0 Å². The van der Waals surface area contributed by atoms with Crippen molar-refractivity contribution in [3.8, 4) is 22.6 Å². The molecule has 0 atom stereocenters. The van der Waals surface area contributed by atoms with Crippen molar-refractivity contribution in [1.29, 1.82) is 0 Å². The molecule has 0 aliphatic rings. The van der Waals surface area contributed by atoms with Crippen LogP contribution in [0.4, 0.5) is 0 Å². The number of aromatic nitrogens is 2. The van der Waals surface area contributed by atoms with Crippen LogP contribution < -0.4 is 15.2 Å². The molecule has 3 N–H and O–H groups in total. The molecule has 0 saturated heterocycles.